The molecule has 0 saturated carbocycles. The lowest BCUT2D eigenvalue weighted by Crippen LogP contribution is -2.43. The predicted molar refractivity (Wildman–Crippen MR) is 119 cm³/mol. The van der Waals surface area contributed by atoms with Crippen LogP contribution in [-0.4, -0.2) is 62.7 Å². The maximum atomic E-state index is 12.9. The first-order chi connectivity index (χ1) is 15.0. The maximum Gasteiger partial charge on any atom is 0.325 e. The van der Waals surface area contributed by atoms with Gasteiger partial charge in [-0.25, -0.2) is 8.42 Å². The topological polar surface area (TPSA) is 113 Å². The summed E-state index contributed by atoms with van der Waals surface area (Å²) in [5.41, 5.74) is 1.16. The molecular formula is C21H24ClN3O6S. The van der Waals surface area contributed by atoms with Crippen molar-refractivity contribution in [2.45, 2.75) is 18.4 Å². The molecule has 2 amide bonds. The summed E-state index contributed by atoms with van der Waals surface area (Å²) in [6, 6.07) is 12.3. The summed E-state index contributed by atoms with van der Waals surface area (Å²) in [6.45, 7) is 0.593. The highest BCUT2D eigenvalue weighted by Gasteiger charge is 2.26. The van der Waals surface area contributed by atoms with E-state index < -0.39 is 28.4 Å². The number of carbonyl (C=O) groups excluding carboxylic acids is 3. The smallest absolute Gasteiger partial charge is 0.325 e. The molecule has 11 heteroatoms. The molecule has 0 aliphatic rings. The van der Waals surface area contributed by atoms with Gasteiger partial charge in [0.25, 0.3) is 0 Å². The fourth-order valence-corrected chi connectivity index (χ4v) is 3.98. The van der Waals surface area contributed by atoms with Gasteiger partial charge in [-0.2, -0.15) is 4.31 Å². The van der Waals surface area contributed by atoms with Gasteiger partial charge in [-0.1, -0.05) is 23.7 Å². The van der Waals surface area contributed by atoms with Gasteiger partial charge in [-0.3, -0.25) is 14.4 Å². The van der Waals surface area contributed by atoms with E-state index in [0.29, 0.717) is 16.3 Å². The number of ether oxygens (including phenoxy) is 1. The number of carbonyl (C=O) groups is 3. The molecule has 0 aromatic heterocycles. The maximum absolute atomic E-state index is 12.9. The third-order valence-electron chi connectivity index (χ3n) is 4.43. The van der Waals surface area contributed by atoms with Crippen molar-refractivity contribution in [3.63, 3.8) is 0 Å². The Morgan fingerprint density at radius 2 is 1.59 bits per heavy atom. The second kappa shape index (κ2) is 11.1. The zero-order valence-electron chi connectivity index (χ0n) is 17.9. The third kappa shape index (κ3) is 7.04. The number of benzene rings is 2. The molecule has 1 N–H and O–H groups in total. The van der Waals surface area contributed by atoms with E-state index in [2.05, 4.69) is 10.1 Å². The fraction of sp³-hybridized carbons (Fsp3) is 0.286. The van der Waals surface area contributed by atoms with Crippen molar-refractivity contribution < 1.29 is 27.5 Å². The van der Waals surface area contributed by atoms with E-state index in [1.54, 1.807) is 24.3 Å². The van der Waals surface area contributed by atoms with Crippen LogP contribution in [0.2, 0.25) is 5.02 Å². The lowest BCUT2D eigenvalue weighted by atomic mass is 10.2. The number of sulfonamides is 1. The first-order valence-electron chi connectivity index (χ1n) is 9.46. The van der Waals surface area contributed by atoms with E-state index in [1.807, 2.05) is 0 Å². The zero-order valence-corrected chi connectivity index (χ0v) is 19.4. The second-order valence-electron chi connectivity index (χ2n) is 6.92. The van der Waals surface area contributed by atoms with E-state index in [4.69, 9.17) is 11.6 Å². The second-order valence-corrected chi connectivity index (χ2v) is 9.40. The molecule has 0 bridgehead atoms. The lowest BCUT2D eigenvalue weighted by Gasteiger charge is -2.24. The quantitative estimate of drug-likeness (QED) is 0.549. The van der Waals surface area contributed by atoms with E-state index in [0.717, 1.165) is 4.31 Å². The summed E-state index contributed by atoms with van der Waals surface area (Å²) < 4.78 is 31.3. The minimum Gasteiger partial charge on any atom is -0.468 e. The highest BCUT2D eigenvalue weighted by Crippen LogP contribution is 2.18. The van der Waals surface area contributed by atoms with Crippen LogP contribution in [0.25, 0.3) is 0 Å². The molecule has 0 spiro atoms. The Morgan fingerprint density at radius 1 is 1.00 bits per heavy atom. The Morgan fingerprint density at radius 3 is 2.12 bits per heavy atom. The Bertz CT molecular complexity index is 1070. The van der Waals surface area contributed by atoms with Crippen molar-refractivity contribution in [3.8, 4) is 0 Å². The van der Waals surface area contributed by atoms with Gasteiger partial charge in [0.2, 0.25) is 21.8 Å². The number of hydrogen-bond acceptors (Lipinski definition) is 6. The van der Waals surface area contributed by atoms with Crippen molar-refractivity contribution in [1.82, 2.24) is 9.21 Å². The number of anilines is 1. The summed E-state index contributed by atoms with van der Waals surface area (Å²) in [4.78, 5) is 36.9. The molecule has 0 heterocycles. The number of rotatable bonds is 9. The van der Waals surface area contributed by atoms with Crippen LogP contribution in [0.3, 0.4) is 0 Å². The van der Waals surface area contributed by atoms with Gasteiger partial charge in [-0.05, 0) is 42.0 Å². The number of amides is 2. The molecule has 0 unspecified atom stereocenters. The van der Waals surface area contributed by atoms with Crippen LogP contribution in [0.1, 0.15) is 12.5 Å². The number of likely N-dealkylation sites (N-methyl/N-ethyl adjacent to an activating group) is 1. The molecule has 0 fully saturated rings. The van der Waals surface area contributed by atoms with Crippen LogP contribution in [0, 0.1) is 0 Å². The summed E-state index contributed by atoms with van der Waals surface area (Å²) in [6.07, 6.45) is 0. The van der Waals surface area contributed by atoms with Gasteiger partial charge >= 0.3 is 5.97 Å². The van der Waals surface area contributed by atoms with Crippen LogP contribution in [0.4, 0.5) is 5.69 Å². The molecule has 2 aromatic rings. The molecule has 0 saturated heterocycles. The normalized spacial score (nSPS) is 11.2. The molecule has 0 radical (unpaired) electrons. The zero-order chi connectivity index (χ0) is 23.9. The molecule has 0 atom stereocenters. The standard InChI is InChI=1S/C21H24ClN3O6S/c1-15(26)23-18-8-10-19(11-9-18)32(29,30)24(2)13-20(27)25(14-21(28)31-3)12-16-4-6-17(22)7-5-16/h4-11H,12-14H2,1-3H3,(H,23,26). The van der Waals surface area contributed by atoms with Crippen LogP contribution in [0.15, 0.2) is 53.4 Å². The largest absolute Gasteiger partial charge is 0.468 e. The van der Waals surface area contributed by atoms with Crippen LogP contribution in [0.5, 0.6) is 0 Å². The van der Waals surface area contributed by atoms with Crippen molar-refractivity contribution in [1.29, 1.82) is 0 Å². The van der Waals surface area contributed by atoms with Crippen molar-refractivity contribution >= 4 is 45.1 Å². The molecule has 0 aliphatic heterocycles. The number of halogens is 1. The number of esters is 1. The SMILES string of the molecule is COC(=O)CN(Cc1ccc(Cl)cc1)C(=O)CN(C)S(=O)(=O)c1ccc(NC(C)=O)cc1. The Kier molecular flexibility index (Phi) is 8.76. The summed E-state index contributed by atoms with van der Waals surface area (Å²) in [7, 11) is -1.51. The van der Waals surface area contributed by atoms with E-state index in [9.17, 15) is 22.8 Å². The first-order valence-corrected chi connectivity index (χ1v) is 11.3. The Labute approximate surface area is 192 Å². The lowest BCUT2D eigenvalue weighted by molar-refractivity contribution is -0.147. The van der Waals surface area contributed by atoms with Crippen LogP contribution in [-0.2, 0) is 35.7 Å². The molecule has 2 aromatic carbocycles. The molecule has 32 heavy (non-hydrogen) atoms. The first kappa shape index (κ1) is 25.3. The summed E-state index contributed by atoms with van der Waals surface area (Å²) in [5.74, 6) is -1.49. The number of hydrogen-bond donors (Lipinski definition) is 1. The van der Waals surface area contributed by atoms with E-state index in [-0.39, 0.29) is 23.9 Å². The average molecular weight is 482 g/mol. The highest BCUT2D eigenvalue weighted by atomic mass is 35.5. The van der Waals surface area contributed by atoms with Gasteiger partial charge < -0.3 is 15.0 Å². The van der Waals surface area contributed by atoms with Crippen LogP contribution >= 0.6 is 11.6 Å². The van der Waals surface area contributed by atoms with Gasteiger partial charge in [-0.15, -0.1) is 0 Å². The van der Waals surface area contributed by atoms with E-state index in [1.165, 1.54) is 50.2 Å². The highest BCUT2D eigenvalue weighted by molar-refractivity contribution is 7.89. The van der Waals surface area contributed by atoms with E-state index >= 15 is 0 Å². The summed E-state index contributed by atoms with van der Waals surface area (Å²) in [5, 5.41) is 3.07. The third-order valence-corrected chi connectivity index (χ3v) is 6.50. The molecule has 9 nitrogen and oxygen atoms in total. The minimum absolute atomic E-state index is 0.0425. The number of nitrogens with one attached hydrogen (secondary N) is 1. The number of methoxy groups -OCH3 is 1. The molecule has 2 rings (SSSR count). The molecule has 172 valence electrons. The fourth-order valence-electron chi connectivity index (χ4n) is 2.73. The van der Waals surface area contributed by atoms with Crippen molar-refractivity contribution in [2.24, 2.45) is 0 Å². The minimum atomic E-state index is -3.99. The van der Waals surface area contributed by atoms with Crippen molar-refractivity contribution in [3.05, 3.63) is 59.1 Å². The summed E-state index contributed by atoms with van der Waals surface area (Å²) >= 11 is 5.88. The van der Waals surface area contributed by atoms with Gasteiger partial charge in [0.15, 0.2) is 0 Å². The monoisotopic (exact) mass is 481 g/mol. The van der Waals surface area contributed by atoms with Gasteiger partial charge in [0.1, 0.15) is 6.54 Å². The van der Waals surface area contributed by atoms with Gasteiger partial charge in [0.05, 0.1) is 18.6 Å². The average Bonchev–Trinajstić information content (AvgIpc) is 2.74. The predicted octanol–water partition coefficient (Wildman–Crippen LogP) is 2.12. The Balaban J connectivity index is 2.16. The van der Waals surface area contributed by atoms with Crippen LogP contribution < -0.4 is 5.32 Å². The molecule has 0 aliphatic carbocycles. The number of nitrogens with zero attached hydrogens (tertiary/aromatic N) is 2. The Hall–Kier alpha value is -2.95. The van der Waals surface area contributed by atoms with Gasteiger partial charge in [0, 0.05) is 31.2 Å². The molecular weight excluding hydrogens is 458 g/mol. The van der Waals surface area contributed by atoms with Crippen molar-refractivity contribution in [2.75, 3.05) is 32.6 Å².